The first-order valence-electron chi connectivity index (χ1n) is 8.30. The summed E-state index contributed by atoms with van der Waals surface area (Å²) < 4.78 is 0. The number of benzene rings is 2. The van der Waals surface area contributed by atoms with Crippen LogP contribution in [0.25, 0.3) is 0 Å². The highest BCUT2D eigenvalue weighted by Gasteiger charge is 2.28. The third kappa shape index (κ3) is 3.46. The van der Waals surface area contributed by atoms with Gasteiger partial charge in [0.05, 0.1) is 29.3 Å². The van der Waals surface area contributed by atoms with E-state index >= 15 is 0 Å². The van der Waals surface area contributed by atoms with Crippen molar-refractivity contribution in [1.29, 1.82) is 5.26 Å². The summed E-state index contributed by atoms with van der Waals surface area (Å²) in [5, 5.41) is 8.88. The molecule has 2 aromatic rings. The minimum atomic E-state index is -0.240. The molecule has 0 radical (unpaired) electrons. The van der Waals surface area contributed by atoms with Gasteiger partial charge in [-0.05, 0) is 56.5 Å². The minimum Gasteiger partial charge on any atom is -0.398 e. The molecule has 0 saturated carbocycles. The van der Waals surface area contributed by atoms with E-state index < -0.39 is 0 Å². The van der Waals surface area contributed by atoms with Gasteiger partial charge in [-0.2, -0.15) is 5.26 Å². The number of nitrogens with zero attached hydrogens (tertiary/aromatic N) is 2. The number of carbonyl (C=O) groups is 1. The van der Waals surface area contributed by atoms with Gasteiger partial charge in [-0.25, -0.2) is 0 Å². The number of nitriles is 1. The fraction of sp³-hybridized carbons (Fsp3) is 0.286. The summed E-state index contributed by atoms with van der Waals surface area (Å²) >= 11 is 0. The molecular formula is C21H21N3O. The number of fused-ring (bicyclic) bond motifs is 1. The van der Waals surface area contributed by atoms with Crippen LogP contribution in [-0.4, -0.2) is 17.0 Å². The molecule has 0 aliphatic carbocycles. The first-order valence-corrected chi connectivity index (χ1v) is 8.30. The van der Waals surface area contributed by atoms with Gasteiger partial charge in [-0.3, -0.25) is 9.79 Å². The van der Waals surface area contributed by atoms with Crippen LogP contribution in [0.3, 0.4) is 0 Å². The van der Waals surface area contributed by atoms with Gasteiger partial charge in [-0.1, -0.05) is 18.2 Å². The average molecular weight is 331 g/mol. The van der Waals surface area contributed by atoms with Gasteiger partial charge in [0, 0.05) is 16.8 Å². The molecule has 0 spiro atoms. The second-order valence-corrected chi connectivity index (χ2v) is 7.20. The molecule has 0 atom stereocenters. The smallest absolute Gasteiger partial charge is 0.168 e. The highest BCUT2D eigenvalue weighted by molar-refractivity contribution is 6.17. The fourth-order valence-corrected chi connectivity index (χ4v) is 3.25. The number of aliphatic imine (C=N–C) groups is 1. The van der Waals surface area contributed by atoms with Crippen LogP contribution in [0.1, 0.15) is 52.9 Å². The highest BCUT2D eigenvalue weighted by atomic mass is 16.1. The van der Waals surface area contributed by atoms with Crippen molar-refractivity contribution in [2.24, 2.45) is 4.99 Å². The number of hydrogen-bond donors (Lipinski definition) is 1. The summed E-state index contributed by atoms with van der Waals surface area (Å²) in [4.78, 5) is 17.5. The summed E-state index contributed by atoms with van der Waals surface area (Å²) in [6, 6.07) is 12.8. The molecule has 4 heteroatoms. The van der Waals surface area contributed by atoms with Gasteiger partial charge in [0.1, 0.15) is 0 Å². The van der Waals surface area contributed by atoms with E-state index in [4.69, 9.17) is 16.0 Å². The zero-order valence-corrected chi connectivity index (χ0v) is 14.8. The third-order valence-corrected chi connectivity index (χ3v) is 4.53. The van der Waals surface area contributed by atoms with Crippen molar-refractivity contribution in [3.63, 3.8) is 0 Å². The average Bonchev–Trinajstić information content (AvgIpc) is 2.56. The predicted molar refractivity (Wildman–Crippen MR) is 100 cm³/mol. The standard InChI is InChI=1S/C21H21N3O/c1-13-8-16-11-21(2,3)24-19(17(16)9-18(13)23)10-20(25)15-6-4-14(12-22)5-7-15/h4-9H,10-11,23H2,1-3H3. The zero-order valence-electron chi connectivity index (χ0n) is 14.8. The molecule has 126 valence electrons. The molecule has 1 aliphatic heterocycles. The number of ketones is 1. The van der Waals surface area contributed by atoms with Crippen molar-refractivity contribution in [3.8, 4) is 6.07 Å². The number of hydrogen-bond acceptors (Lipinski definition) is 4. The van der Waals surface area contributed by atoms with Gasteiger partial charge in [0.15, 0.2) is 5.78 Å². The second-order valence-electron chi connectivity index (χ2n) is 7.20. The summed E-state index contributed by atoms with van der Waals surface area (Å²) in [6.07, 6.45) is 1.06. The molecule has 0 aromatic heterocycles. The SMILES string of the molecule is Cc1cc2c(cc1N)C(CC(=O)c1ccc(C#N)cc1)=NC(C)(C)C2. The van der Waals surface area contributed by atoms with Crippen LogP contribution in [-0.2, 0) is 6.42 Å². The Labute approximate surface area is 148 Å². The summed E-state index contributed by atoms with van der Waals surface area (Å²) in [6.45, 7) is 6.15. The molecule has 1 aliphatic rings. The van der Waals surface area contributed by atoms with Crippen LogP contribution < -0.4 is 5.73 Å². The van der Waals surface area contributed by atoms with Crippen molar-refractivity contribution < 1.29 is 4.79 Å². The maximum absolute atomic E-state index is 12.7. The molecule has 2 aromatic carbocycles. The van der Waals surface area contributed by atoms with E-state index in [9.17, 15) is 4.79 Å². The second kappa shape index (κ2) is 6.18. The largest absolute Gasteiger partial charge is 0.398 e. The lowest BCUT2D eigenvalue weighted by Gasteiger charge is -2.29. The van der Waals surface area contributed by atoms with Crippen molar-refractivity contribution in [2.45, 2.75) is 39.2 Å². The molecule has 0 bridgehead atoms. The number of nitrogen functional groups attached to an aromatic ring is 1. The normalized spacial score (nSPS) is 15.0. The lowest BCUT2D eigenvalue weighted by Crippen LogP contribution is -2.30. The molecule has 0 saturated heterocycles. The van der Waals surface area contributed by atoms with Crippen LogP contribution in [0.4, 0.5) is 5.69 Å². The summed E-state index contributed by atoms with van der Waals surface area (Å²) in [5.41, 5.74) is 11.7. The molecule has 2 N–H and O–H groups in total. The Kier molecular flexibility index (Phi) is 4.18. The van der Waals surface area contributed by atoms with E-state index in [1.54, 1.807) is 24.3 Å². The Morgan fingerprint density at radius 3 is 2.60 bits per heavy atom. The molecule has 0 amide bonds. The Bertz CT molecular complexity index is 915. The van der Waals surface area contributed by atoms with E-state index in [1.165, 1.54) is 5.56 Å². The first-order chi connectivity index (χ1) is 11.8. The molecule has 1 heterocycles. The maximum Gasteiger partial charge on any atom is 0.168 e. The van der Waals surface area contributed by atoms with Crippen LogP contribution >= 0.6 is 0 Å². The Balaban J connectivity index is 1.95. The minimum absolute atomic E-state index is 0.00830. The first kappa shape index (κ1) is 16.9. The number of anilines is 1. The van der Waals surface area contributed by atoms with Gasteiger partial charge in [0.25, 0.3) is 0 Å². The van der Waals surface area contributed by atoms with Crippen molar-refractivity contribution in [3.05, 3.63) is 64.2 Å². The van der Waals surface area contributed by atoms with E-state index in [-0.39, 0.29) is 17.7 Å². The lowest BCUT2D eigenvalue weighted by molar-refractivity contribution is 0.100. The zero-order chi connectivity index (χ0) is 18.2. The van der Waals surface area contributed by atoms with Crippen LogP contribution in [0.5, 0.6) is 0 Å². The van der Waals surface area contributed by atoms with Crippen LogP contribution in [0.2, 0.25) is 0 Å². The molecule has 25 heavy (non-hydrogen) atoms. The summed E-state index contributed by atoms with van der Waals surface area (Å²) in [5.74, 6) is -0.00830. The van der Waals surface area contributed by atoms with Crippen LogP contribution in [0, 0.1) is 18.3 Å². The Morgan fingerprint density at radius 1 is 1.28 bits per heavy atom. The number of nitrogens with two attached hydrogens (primary N) is 1. The predicted octanol–water partition coefficient (Wildman–Crippen LogP) is 3.85. The topological polar surface area (TPSA) is 79.2 Å². The maximum atomic E-state index is 12.7. The van der Waals surface area contributed by atoms with Gasteiger partial charge in [0.2, 0.25) is 0 Å². The van der Waals surface area contributed by atoms with E-state index in [0.717, 1.165) is 28.9 Å². The monoisotopic (exact) mass is 331 g/mol. The lowest BCUT2D eigenvalue weighted by atomic mass is 9.84. The number of aryl methyl sites for hydroxylation is 1. The van der Waals surface area contributed by atoms with Crippen LogP contribution in [0.15, 0.2) is 41.4 Å². The van der Waals surface area contributed by atoms with Crippen molar-refractivity contribution >= 4 is 17.2 Å². The Hall–Kier alpha value is -2.93. The molecular weight excluding hydrogens is 310 g/mol. The van der Waals surface area contributed by atoms with Crippen molar-refractivity contribution in [2.75, 3.05) is 5.73 Å². The Morgan fingerprint density at radius 2 is 1.96 bits per heavy atom. The number of Topliss-reactive ketones (excluding diaryl/α,β-unsaturated/α-hetero) is 1. The number of carbonyl (C=O) groups excluding carboxylic acids is 1. The molecule has 0 fully saturated rings. The number of rotatable bonds is 3. The third-order valence-electron chi connectivity index (χ3n) is 4.53. The van der Waals surface area contributed by atoms with Gasteiger partial charge < -0.3 is 5.73 Å². The molecule has 0 unspecified atom stereocenters. The molecule has 3 rings (SSSR count). The van der Waals surface area contributed by atoms with E-state index in [2.05, 4.69) is 26.0 Å². The van der Waals surface area contributed by atoms with Crippen molar-refractivity contribution in [1.82, 2.24) is 0 Å². The van der Waals surface area contributed by atoms with E-state index in [1.807, 2.05) is 13.0 Å². The summed E-state index contributed by atoms with van der Waals surface area (Å²) in [7, 11) is 0. The van der Waals surface area contributed by atoms with Gasteiger partial charge >= 0.3 is 0 Å². The highest BCUT2D eigenvalue weighted by Crippen LogP contribution is 2.31. The van der Waals surface area contributed by atoms with E-state index in [0.29, 0.717) is 11.1 Å². The molecule has 4 nitrogen and oxygen atoms in total. The fourth-order valence-electron chi connectivity index (χ4n) is 3.25. The quantitative estimate of drug-likeness (QED) is 0.685. The van der Waals surface area contributed by atoms with Gasteiger partial charge in [-0.15, -0.1) is 0 Å².